The van der Waals surface area contributed by atoms with E-state index in [-0.39, 0.29) is 5.41 Å². The van der Waals surface area contributed by atoms with E-state index in [4.69, 9.17) is 4.74 Å². The van der Waals surface area contributed by atoms with Crippen LogP contribution in [0.15, 0.2) is 30.5 Å². The number of pyridine rings is 1. The topological polar surface area (TPSA) is 22.1 Å². The number of halogens is 2. The molecule has 0 N–H and O–H groups in total. The van der Waals surface area contributed by atoms with Crippen molar-refractivity contribution >= 4 is 0 Å². The zero-order valence-corrected chi connectivity index (χ0v) is 11.4. The lowest BCUT2D eigenvalue weighted by Crippen LogP contribution is -2.29. The summed E-state index contributed by atoms with van der Waals surface area (Å²) < 4.78 is 32.7. The van der Waals surface area contributed by atoms with E-state index < -0.39 is 11.6 Å². The lowest BCUT2D eigenvalue weighted by Gasteiger charge is -2.31. The Bertz CT molecular complexity index is 668. The Hall–Kier alpha value is -1.97. The monoisotopic (exact) mass is 275 g/mol. The standard InChI is InChI=1S/C16H15F2NO/c1-16(2)8-13-11(5-6-19-15(13)20-9-16)12-4-3-10(17)7-14(12)18/h3-7H,8-9H2,1-2H3. The Morgan fingerprint density at radius 2 is 1.95 bits per heavy atom. The largest absolute Gasteiger partial charge is 0.477 e. The van der Waals surface area contributed by atoms with Gasteiger partial charge in [-0.1, -0.05) is 13.8 Å². The lowest BCUT2D eigenvalue weighted by atomic mass is 9.82. The second kappa shape index (κ2) is 4.54. The van der Waals surface area contributed by atoms with Crippen LogP contribution in [0.2, 0.25) is 0 Å². The molecular weight excluding hydrogens is 260 g/mol. The Labute approximate surface area is 116 Å². The predicted octanol–water partition coefficient (Wildman–Crippen LogP) is 3.99. The minimum Gasteiger partial charge on any atom is -0.477 e. The molecule has 2 aromatic rings. The van der Waals surface area contributed by atoms with E-state index in [0.29, 0.717) is 18.1 Å². The summed E-state index contributed by atoms with van der Waals surface area (Å²) in [5, 5.41) is 0. The molecule has 0 saturated heterocycles. The van der Waals surface area contributed by atoms with Crippen LogP contribution in [0.4, 0.5) is 8.78 Å². The van der Waals surface area contributed by atoms with Crippen molar-refractivity contribution in [1.82, 2.24) is 4.98 Å². The molecule has 1 aromatic carbocycles. The van der Waals surface area contributed by atoms with Gasteiger partial charge in [0.25, 0.3) is 0 Å². The van der Waals surface area contributed by atoms with Crippen LogP contribution in [-0.4, -0.2) is 11.6 Å². The zero-order chi connectivity index (χ0) is 14.3. The Morgan fingerprint density at radius 1 is 1.15 bits per heavy atom. The zero-order valence-electron chi connectivity index (χ0n) is 11.4. The fraction of sp³-hybridized carbons (Fsp3) is 0.312. The first-order valence-corrected chi connectivity index (χ1v) is 6.52. The molecule has 0 atom stereocenters. The summed E-state index contributed by atoms with van der Waals surface area (Å²) in [6, 6.07) is 5.37. The Kier molecular flexibility index (Phi) is 2.96. The lowest BCUT2D eigenvalue weighted by molar-refractivity contribution is 0.149. The normalized spacial score (nSPS) is 16.4. The minimum absolute atomic E-state index is 0.0265. The van der Waals surface area contributed by atoms with Crippen molar-refractivity contribution in [2.45, 2.75) is 20.3 Å². The maximum absolute atomic E-state index is 14.0. The first-order chi connectivity index (χ1) is 9.46. The molecule has 3 rings (SSSR count). The molecule has 1 aliphatic rings. The Balaban J connectivity index is 2.16. The first kappa shape index (κ1) is 13.0. The van der Waals surface area contributed by atoms with Gasteiger partial charge in [0, 0.05) is 28.8 Å². The summed E-state index contributed by atoms with van der Waals surface area (Å²) in [5.41, 5.74) is 1.96. The third-order valence-corrected chi connectivity index (χ3v) is 3.49. The highest BCUT2D eigenvalue weighted by molar-refractivity contribution is 5.70. The molecule has 20 heavy (non-hydrogen) atoms. The molecule has 2 heterocycles. The molecule has 2 nitrogen and oxygen atoms in total. The fourth-order valence-electron chi connectivity index (χ4n) is 2.52. The molecule has 1 aliphatic heterocycles. The summed E-state index contributed by atoms with van der Waals surface area (Å²) in [6.45, 7) is 4.77. The quantitative estimate of drug-likeness (QED) is 0.785. The highest BCUT2D eigenvalue weighted by Gasteiger charge is 2.30. The summed E-state index contributed by atoms with van der Waals surface area (Å²) in [7, 11) is 0. The van der Waals surface area contributed by atoms with E-state index in [0.717, 1.165) is 23.6 Å². The van der Waals surface area contributed by atoms with E-state index in [1.807, 2.05) is 0 Å². The molecule has 0 amide bonds. The number of fused-ring (bicyclic) bond motifs is 1. The van der Waals surface area contributed by atoms with E-state index in [2.05, 4.69) is 18.8 Å². The molecule has 104 valence electrons. The van der Waals surface area contributed by atoms with Gasteiger partial charge in [-0.3, -0.25) is 0 Å². The van der Waals surface area contributed by atoms with Gasteiger partial charge in [0.05, 0.1) is 6.61 Å². The van der Waals surface area contributed by atoms with E-state index >= 15 is 0 Å². The number of rotatable bonds is 1. The summed E-state index contributed by atoms with van der Waals surface area (Å²) >= 11 is 0. The van der Waals surface area contributed by atoms with Gasteiger partial charge < -0.3 is 4.74 Å². The van der Waals surface area contributed by atoms with Gasteiger partial charge in [0.2, 0.25) is 5.88 Å². The molecule has 4 heteroatoms. The molecule has 0 aliphatic carbocycles. The van der Waals surface area contributed by atoms with Gasteiger partial charge in [0.1, 0.15) is 11.6 Å². The number of nitrogens with zero attached hydrogens (tertiary/aromatic N) is 1. The van der Waals surface area contributed by atoms with Gasteiger partial charge in [-0.2, -0.15) is 0 Å². The number of ether oxygens (including phenoxy) is 1. The van der Waals surface area contributed by atoms with Crippen molar-refractivity contribution in [2.75, 3.05) is 6.61 Å². The molecule has 0 radical (unpaired) electrons. The number of hydrogen-bond donors (Lipinski definition) is 0. The first-order valence-electron chi connectivity index (χ1n) is 6.52. The van der Waals surface area contributed by atoms with Gasteiger partial charge in [-0.25, -0.2) is 13.8 Å². The fourth-order valence-corrected chi connectivity index (χ4v) is 2.52. The summed E-state index contributed by atoms with van der Waals surface area (Å²) in [5.74, 6) is -0.599. The van der Waals surface area contributed by atoms with Gasteiger partial charge in [-0.15, -0.1) is 0 Å². The summed E-state index contributed by atoms with van der Waals surface area (Å²) in [6.07, 6.45) is 2.34. The predicted molar refractivity (Wildman–Crippen MR) is 72.6 cm³/mol. The van der Waals surface area contributed by atoms with Gasteiger partial charge in [0.15, 0.2) is 0 Å². The molecule has 0 saturated carbocycles. The van der Waals surface area contributed by atoms with Gasteiger partial charge in [-0.05, 0) is 30.2 Å². The minimum atomic E-state index is -0.578. The van der Waals surface area contributed by atoms with Crippen molar-refractivity contribution in [3.05, 3.63) is 47.7 Å². The Morgan fingerprint density at radius 3 is 2.70 bits per heavy atom. The second-order valence-corrected chi connectivity index (χ2v) is 5.90. The SMILES string of the molecule is CC1(C)COc2nccc(-c3ccc(F)cc3F)c2C1. The van der Waals surface area contributed by atoms with E-state index in [1.54, 1.807) is 12.3 Å². The summed E-state index contributed by atoms with van der Waals surface area (Å²) in [4.78, 5) is 4.20. The van der Waals surface area contributed by atoms with Crippen molar-refractivity contribution < 1.29 is 13.5 Å². The van der Waals surface area contributed by atoms with Crippen LogP contribution in [0.1, 0.15) is 19.4 Å². The highest BCUT2D eigenvalue weighted by Crippen LogP contribution is 2.39. The van der Waals surface area contributed by atoms with Crippen molar-refractivity contribution in [2.24, 2.45) is 5.41 Å². The van der Waals surface area contributed by atoms with Crippen molar-refractivity contribution in [3.63, 3.8) is 0 Å². The van der Waals surface area contributed by atoms with Crippen molar-refractivity contribution in [3.8, 4) is 17.0 Å². The van der Waals surface area contributed by atoms with Crippen LogP contribution in [0.25, 0.3) is 11.1 Å². The van der Waals surface area contributed by atoms with Crippen LogP contribution in [0.3, 0.4) is 0 Å². The van der Waals surface area contributed by atoms with Crippen LogP contribution < -0.4 is 4.74 Å². The highest BCUT2D eigenvalue weighted by atomic mass is 19.1. The maximum atomic E-state index is 14.0. The molecule has 1 aromatic heterocycles. The van der Waals surface area contributed by atoms with Crippen LogP contribution in [0.5, 0.6) is 5.88 Å². The number of aromatic nitrogens is 1. The second-order valence-electron chi connectivity index (χ2n) is 5.90. The molecule has 0 unspecified atom stereocenters. The average molecular weight is 275 g/mol. The molecule has 0 spiro atoms. The third-order valence-electron chi connectivity index (χ3n) is 3.49. The average Bonchev–Trinajstić information content (AvgIpc) is 2.38. The van der Waals surface area contributed by atoms with Crippen molar-refractivity contribution in [1.29, 1.82) is 0 Å². The third kappa shape index (κ3) is 2.26. The molecule has 0 fully saturated rings. The molecular formula is C16H15F2NO. The maximum Gasteiger partial charge on any atom is 0.217 e. The smallest absolute Gasteiger partial charge is 0.217 e. The van der Waals surface area contributed by atoms with Crippen LogP contribution >= 0.6 is 0 Å². The van der Waals surface area contributed by atoms with E-state index in [9.17, 15) is 8.78 Å². The number of hydrogen-bond acceptors (Lipinski definition) is 2. The molecule has 0 bridgehead atoms. The van der Waals surface area contributed by atoms with Gasteiger partial charge >= 0.3 is 0 Å². The number of benzene rings is 1. The van der Waals surface area contributed by atoms with E-state index in [1.165, 1.54) is 12.1 Å². The van der Waals surface area contributed by atoms with Crippen LogP contribution in [-0.2, 0) is 6.42 Å². The van der Waals surface area contributed by atoms with Crippen LogP contribution in [0, 0.1) is 17.0 Å².